The van der Waals surface area contributed by atoms with Crippen LogP contribution in [0.2, 0.25) is 0 Å². The number of aryl methyl sites for hydroxylation is 1. The summed E-state index contributed by atoms with van der Waals surface area (Å²) in [5.74, 6) is 0. The smallest absolute Gasteiger partial charge is 0.267 e. The zero-order chi connectivity index (χ0) is 9.26. The molecule has 0 unspecified atom stereocenters. The largest absolute Gasteiger partial charge is 0.272 e. The van der Waals surface area contributed by atoms with E-state index in [9.17, 15) is 4.79 Å². The molecule has 4 heteroatoms. The summed E-state index contributed by atoms with van der Waals surface area (Å²) in [6.07, 6.45) is 1.59. The van der Waals surface area contributed by atoms with Crippen LogP contribution in [0.1, 0.15) is 5.56 Å². The summed E-state index contributed by atoms with van der Waals surface area (Å²) >= 11 is 1.57. The van der Waals surface area contributed by atoms with Crippen LogP contribution in [0, 0.1) is 6.92 Å². The van der Waals surface area contributed by atoms with Crippen molar-refractivity contribution in [1.29, 1.82) is 0 Å². The van der Waals surface area contributed by atoms with Crippen LogP contribution in [0.4, 0.5) is 0 Å². The van der Waals surface area contributed by atoms with Crippen LogP contribution in [0.3, 0.4) is 0 Å². The summed E-state index contributed by atoms with van der Waals surface area (Å²) in [6.45, 7) is 1.99. The maximum atomic E-state index is 11.4. The van der Waals surface area contributed by atoms with E-state index in [1.165, 1.54) is 0 Å². The fourth-order valence-electron chi connectivity index (χ4n) is 1.17. The van der Waals surface area contributed by atoms with Crippen LogP contribution in [-0.2, 0) is 0 Å². The number of H-pyrrole nitrogens is 1. The van der Waals surface area contributed by atoms with Crippen molar-refractivity contribution in [2.45, 2.75) is 6.92 Å². The molecule has 2 aromatic rings. The lowest BCUT2D eigenvalue weighted by Gasteiger charge is -1.96. The lowest BCUT2D eigenvalue weighted by atomic mass is 10.2. The summed E-state index contributed by atoms with van der Waals surface area (Å²) in [7, 11) is 0. The molecule has 0 aliphatic rings. The predicted molar refractivity (Wildman–Crippen MR) is 52.9 cm³/mol. The Bertz CT molecular complexity index is 472. The van der Waals surface area contributed by atoms with Gasteiger partial charge in [0.25, 0.3) is 5.56 Å². The zero-order valence-corrected chi connectivity index (χ0v) is 7.89. The Kier molecular flexibility index (Phi) is 1.98. The highest BCUT2D eigenvalue weighted by Crippen LogP contribution is 2.25. The molecule has 0 aromatic carbocycles. The molecular weight excluding hydrogens is 184 g/mol. The van der Waals surface area contributed by atoms with Gasteiger partial charge in [-0.2, -0.15) is 5.10 Å². The van der Waals surface area contributed by atoms with Gasteiger partial charge in [0.15, 0.2) is 0 Å². The van der Waals surface area contributed by atoms with Gasteiger partial charge >= 0.3 is 0 Å². The highest BCUT2D eigenvalue weighted by molar-refractivity contribution is 7.13. The Balaban J connectivity index is 2.66. The molecular formula is C9H8N2OS. The average molecular weight is 192 g/mol. The number of nitrogens with zero attached hydrogens (tertiary/aromatic N) is 1. The first-order valence-electron chi connectivity index (χ1n) is 3.87. The molecule has 0 atom stereocenters. The highest BCUT2D eigenvalue weighted by Gasteiger charge is 2.06. The van der Waals surface area contributed by atoms with Gasteiger partial charge in [0, 0.05) is 11.1 Å². The molecule has 13 heavy (non-hydrogen) atoms. The van der Waals surface area contributed by atoms with E-state index in [0.717, 1.165) is 10.4 Å². The van der Waals surface area contributed by atoms with E-state index in [2.05, 4.69) is 10.2 Å². The monoisotopic (exact) mass is 192 g/mol. The first-order chi connectivity index (χ1) is 6.29. The van der Waals surface area contributed by atoms with Crippen molar-refractivity contribution >= 4 is 11.3 Å². The Morgan fingerprint density at radius 2 is 2.31 bits per heavy atom. The van der Waals surface area contributed by atoms with E-state index < -0.39 is 0 Å². The van der Waals surface area contributed by atoms with E-state index in [0.29, 0.717) is 5.56 Å². The molecule has 2 heterocycles. The molecule has 2 aromatic heterocycles. The second kappa shape index (κ2) is 3.14. The van der Waals surface area contributed by atoms with Crippen LogP contribution in [0.25, 0.3) is 10.4 Å². The molecule has 2 rings (SSSR count). The quantitative estimate of drug-likeness (QED) is 0.749. The van der Waals surface area contributed by atoms with Crippen LogP contribution in [0.15, 0.2) is 28.5 Å². The number of thiophene rings is 1. The van der Waals surface area contributed by atoms with Gasteiger partial charge in [-0.3, -0.25) is 4.79 Å². The van der Waals surface area contributed by atoms with Crippen molar-refractivity contribution in [2.24, 2.45) is 0 Å². The maximum Gasteiger partial charge on any atom is 0.272 e. The van der Waals surface area contributed by atoms with Gasteiger partial charge in [-0.05, 0) is 30.0 Å². The molecule has 0 fully saturated rings. The summed E-state index contributed by atoms with van der Waals surface area (Å²) in [4.78, 5) is 12.4. The number of rotatable bonds is 1. The third-order valence-electron chi connectivity index (χ3n) is 1.83. The van der Waals surface area contributed by atoms with Crippen molar-refractivity contribution in [2.75, 3.05) is 0 Å². The van der Waals surface area contributed by atoms with Gasteiger partial charge in [0.2, 0.25) is 0 Å². The zero-order valence-electron chi connectivity index (χ0n) is 7.07. The average Bonchev–Trinajstić information content (AvgIpc) is 2.52. The third kappa shape index (κ3) is 1.40. The molecule has 0 aliphatic heterocycles. The van der Waals surface area contributed by atoms with Crippen LogP contribution in [-0.4, -0.2) is 10.2 Å². The van der Waals surface area contributed by atoms with Crippen molar-refractivity contribution in [1.82, 2.24) is 10.2 Å². The van der Waals surface area contributed by atoms with Crippen molar-refractivity contribution < 1.29 is 0 Å². The summed E-state index contributed by atoms with van der Waals surface area (Å²) < 4.78 is 0. The molecule has 0 saturated carbocycles. The predicted octanol–water partition coefficient (Wildman–Crippen LogP) is 1.81. The SMILES string of the molecule is Cc1ccsc1-c1ccn[nH]c1=O. The Morgan fingerprint density at radius 3 is 2.92 bits per heavy atom. The standard InChI is InChI=1S/C9H8N2OS/c1-6-3-5-13-8(6)7-2-4-10-11-9(7)12/h2-5H,1H3,(H,11,12). The van der Waals surface area contributed by atoms with Gasteiger partial charge in [-0.15, -0.1) is 11.3 Å². The van der Waals surface area contributed by atoms with E-state index >= 15 is 0 Å². The molecule has 0 saturated heterocycles. The summed E-state index contributed by atoms with van der Waals surface area (Å²) in [5, 5.41) is 8.04. The molecule has 0 amide bonds. The normalized spacial score (nSPS) is 10.2. The molecule has 1 N–H and O–H groups in total. The Labute approximate surface area is 79.1 Å². The van der Waals surface area contributed by atoms with E-state index in [-0.39, 0.29) is 5.56 Å². The van der Waals surface area contributed by atoms with Gasteiger partial charge in [0.05, 0.1) is 5.56 Å². The number of nitrogens with one attached hydrogen (secondary N) is 1. The minimum absolute atomic E-state index is 0.131. The van der Waals surface area contributed by atoms with Crippen molar-refractivity contribution in [3.05, 3.63) is 39.6 Å². The van der Waals surface area contributed by atoms with Gasteiger partial charge in [-0.25, -0.2) is 5.10 Å². The molecule has 0 spiro atoms. The molecule has 0 radical (unpaired) electrons. The second-order valence-electron chi connectivity index (χ2n) is 2.73. The van der Waals surface area contributed by atoms with E-state index in [1.54, 1.807) is 23.6 Å². The fraction of sp³-hybridized carbons (Fsp3) is 0.111. The van der Waals surface area contributed by atoms with Crippen LogP contribution < -0.4 is 5.56 Å². The van der Waals surface area contributed by atoms with E-state index in [4.69, 9.17) is 0 Å². The lowest BCUT2D eigenvalue weighted by Crippen LogP contribution is -2.09. The minimum Gasteiger partial charge on any atom is -0.267 e. The number of hydrogen-bond acceptors (Lipinski definition) is 3. The second-order valence-corrected chi connectivity index (χ2v) is 3.65. The molecule has 66 valence electrons. The first-order valence-corrected chi connectivity index (χ1v) is 4.75. The summed E-state index contributed by atoms with van der Waals surface area (Å²) in [5.41, 5.74) is 1.69. The Hall–Kier alpha value is -1.42. The molecule has 3 nitrogen and oxygen atoms in total. The molecule has 0 bridgehead atoms. The van der Waals surface area contributed by atoms with Crippen molar-refractivity contribution in [3.63, 3.8) is 0 Å². The van der Waals surface area contributed by atoms with Crippen molar-refractivity contribution in [3.8, 4) is 10.4 Å². The summed E-state index contributed by atoms with van der Waals surface area (Å²) in [6, 6.07) is 3.73. The topological polar surface area (TPSA) is 45.8 Å². The van der Waals surface area contributed by atoms with Gasteiger partial charge in [0.1, 0.15) is 0 Å². The number of aromatic amines is 1. The fourth-order valence-corrected chi connectivity index (χ4v) is 2.12. The minimum atomic E-state index is -0.131. The number of aromatic nitrogens is 2. The lowest BCUT2D eigenvalue weighted by molar-refractivity contribution is 0.992. The van der Waals surface area contributed by atoms with Gasteiger partial charge in [-0.1, -0.05) is 0 Å². The Morgan fingerprint density at radius 1 is 1.46 bits per heavy atom. The van der Waals surface area contributed by atoms with Gasteiger partial charge < -0.3 is 0 Å². The van der Waals surface area contributed by atoms with E-state index in [1.807, 2.05) is 18.4 Å². The third-order valence-corrected chi connectivity index (χ3v) is 2.88. The maximum absolute atomic E-state index is 11.4. The number of hydrogen-bond donors (Lipinski definition) is 1. The highest BCUT2D eigenvalue weighted by atomic mass is 32.1. The van der Waals surface area contributed by atoms with Crippen LogP contribution >= 0.6 is 11.3 Å². The van der Waals surface area contributed by atoms with Crippen LogP contribution in [0.5, 0.6) is 0 Å². The molecule has 0 aliphatic carbocycles. The first kappa shape index (κ1) is 8.19.